The molecule has 0 N–H and O–H groups in total. The minimum absolute atomic E-state index is 0.145. The van der Waals surface area contributed by atoms with Crippen LogP contribution in [0.25, 0.3) is 0 Å². The lowest BCUT2D eigenvalue weighted by molar-refractivity contribution is 0.0914. The van der Waals surface area contributed by atoms with E-state index in [0.29, 0.717) is 11.1 Å². The fraction of sp³-hybridized carbons (Fsp3) is 0.500. The number of hydrogen-bond donors (Lipinski definition) is 0. The molecule has 3 rings (SSSR count). The molecule has 0 amide bonds. The van der Waals surface area contributed by atoms with Gasteiger partial charge >= 0.3 is 0 Å². The van der Waals surface area contributed by atoms with E-state index in [-0.39, 0.29) is 17.5 Å². The second-order valence-corrected chi connectivity index (χ2v) is 5.25. The Hall–Kier alpha value is -1.18. The fourth-order valence-corrected chi connectivity index (χ4v) is 2.91. The summed E-state index contributed by atoms with van der Waals surface area (Å²) in [5, 5.41) is 0. The van der Waals surface area contributed by atoms with E-state index in [2.05, 4.69) is 0 Å². The average molecular weight is 218 g/mol. The summed E-state index contributed by atoms with van der Waals surface area (Å²) in [5.74, 6) is 1.62. The molecule has 0 aromatic heterocycles. The number of Topliss-reactive ketones (excluding diaryl/α,β-unsaturated/α-hetero) is 1. The van der Waals surface area contributed by atoms with Gasteiger partial charge in [0.25, 0.3) is 0 Å². The van der Waals surface area contributed by atoms with Crippen molar-refractivity contribution in [2.75, 3.05) is 0 Å². The Balaban J connectivity index is 1.80. The number of aryl methyl sites for hydroxylation is 1. The molecule has 0 radical (unpaired) electrons. The number of carbonyl (C=O) groups is 1. The molecular weight excluding hydrogens is 203 g/mol. The summed E-state index contributed by atoms with van der Waals surface area (Å²) < 4.78 is 13.4. The van der Waals surface area contributed by atoms with Crippen LogP contribution in [0, 0.1) is 30.5 Å². The minimum atomic E-state index is -0.269. The van der Waals surface area contributed by atoms with Gasteiger partial charge in [-0.15, -0.1) is 0 Å². The van der Waals surface area contributed by atoms with Crippen molar-refractivity contribution in [3.05, 3.63) is 35.1 Å². The van der Waals surface area contributed by atoms with Crippen LogP contribution in [0.5, 0.6) is 0 Å². The van der Waals surface area contributed by atoms with E-state index in [4.69, 9.17) is 0 Å². The van der Waals surface area contributed by atoms with Crippen LogP contribution in [0.3, 0.4) is 0 Å². The van der Waals surface area contributed by atoms with Gasteiger partial charge < -0.3 is 0 Å². The normalized spacial score (nSPS) is 31.2. The van der Waals surface area contributed by atoms with Gasteiger partial charge in [0.05, 0.1) is 0 Å². The van der Waals surface area contributed by atoms with Crippen molar-refractivity contribution in [3.8, 4) is 0 Å². The predicted molar refractivity (Wildman–Crippen MR) is 59.8 cm³/mol. The van der Waals surface area contributed by atoms with Gasteiger partial charge in [-0.05, 0) is 49.7 Å². The van der Waals surface area contributed by atoms with Gasteiger partial charge in [-0.25, -0.2) is 4.39 Å². The van der Waals surface area contributed by atoms with Crippen molar-refractivity contribution < 1.29 is 9.18 Å². The monoisotopic (exact) mass is 218 g/mol. The molecule has 1 nitrogen and oxygen atoms in total. The molecule has 2 heteroatoms. The van der Waals surface area contributed by atoms with Crippen molar-refractivity contribution in [3.63, 3.8) is 0 Å². The molecule has 0 spiro atoms. The minimum Gasteiger partial charge on any atom is -0.294 e. The van der Waals surface area contributed by atoms with Gasteiger partial charge in [0.2, 0.25) is 0 Å². The maximum atomic E-state index is 13.4. The molecule has 2 aliphatic carbocycles. The lowest BCUT2D eigenvalue weighted by Gasteiger charge is -2.10. The van der Waals surface area contributed by atoms with Crippen LogP contribution < -0.4 is 0 Å². The zero-order valence-corrected chi connectivity index (χ0v) is 9.37. The second kappa shape index (κ2) is 3.41. The fourth-order valence-electron chi connectivity index (χ4n) is 2.91. The summed E-state index contributed by atoms with van der Waals surface area (Å²) in [5.41, 5.74) is 1.15. The molecule has 0 heterocycles. The highest BCUT2D eigenvalue weighted by atomic mass is 19.1. The Labute approximate surface area is 94.7 Å². The SMILES string of the molecule is Cc1ccc(C(=O)C2CC3CC3C2)cc1F. The molecule has 0 aliphatic heterocycles. The Kier molecular flexibility index (Phi) is 2.13. The van der Waals surface area contributed by atoms with Crippen molar-refractivity contribution in [2.24, 2.45) is 17.8 Å². The van der Waals surface area contributed by atoms with Crippen molar-refractivity contribution in [1.29, 1.82) is 0 Å². The molecule has 2 unspecified atom stereocenters. The summed E-state index contributed by atoms with van der Waals surface area (Å²) in [7, 11) is 0. The first kappa shape index (κ1) is 10.0. The first-order valence-corrected chi connectivity index (χ1v) is 5.95. The standard InChI is InChI=1S/C14H15FO/c1-8-2-3-9(7-13(8)15)14(16)12-5-10-4-11(10)6-12/h2-3,7,10-12H,4-6H2,1H3. The third-order valence-electron chi connectivity index (χ3n) is 4.07. The first-order chi connectivity index (χ1) is 7.65. The number of benzene rings is 1. The molecule has 0 bridgehead atoms. The number of rotatable bonds is 2. The van der Waals surface area contributed by atoms with Gasteiger partial charge in [-0.2, -0.15) is 0 Å². The van der Waals surface area contributed by atoms with Gasteiger partial charge in [-0.3, -0.25) is 4.79 Å². The van der Waals surface area contributed by atoms with Gasteiger partial charge in [0.15, 0.2) is 5.78 Å². The second-order valence-electron chi connectivity index (χ2n) is 5.25. The van der Waals surface area contributed by atoms with Crippen LogP contribution in [0.15, 0.2) is 18.2 Å². The number of ketones is 1. The van der Waals surface area contributed by atoms with Crippen LogP contribution in [-0.2, 0) is 0 Å². The molecule has 2 atom stereocenters. The first-order valence-electron chi connectivity index (χ1n) is 5.95. The molecule has 84 valence electrons. The van der Waals surface area contributed by atoms with Crippen LogP contribution in [-0.4, -0.2) is 5.78 Å². The van der Waals surface area contributed by atoms with E-state index in [9.17, 15) is 9.18 Å². The summed E-state index contributed by atoms with van der Waals surface area (Å²) >= 11 is 0. The summed E-state index contributed by atoms with van der Waals surface area (Å²) in [4.78, 5) is 12.1. The van der Waals surface area contributed by atoms with E-state index >= 15 is 0 Å². The maximum absolute atomic E-state index is 13.4. The highest BCUT2D eigenvalue weighted by Gasteiger charge is 2.47. The lowest BCUT2D eigenvalue weighted by Crippen LogP contribution is -2.13. The third-order valence-corrected chi connectivity index (χ3v) is 4.07. The summed E-state index contributed by atoms with van der Waals surface area (Å²) in [6.07, 6.45) is 3.37. The molecular formula is C14H15FO. The quantitative estimate of drug-likeness (QED) is 0.695. The number of hydrogen-bond acceptors (Lipinski definition) is 1. The van der Waals surface area contributed by atoms with E-state index in [0.717, 1.165) is 24.7 Å². The summed E-state index contributed by atoms with van der Waals surface area (Å²) in [6.45, 7) is 1.72. The topological polar surface area (TPSA) is 17.1 Å². The van der Waals surface area contributed by atoms with Gasteiger partial charge in [0, 0.05) is 11.5 Å². The van der Waals surface area contributed by atoms with E-state index in [1.807, 2.05) is 0 Å². The molecule has 2 fully saturated rings. The van der Waals surface area contributed by atoms with Crippen LogP contribution in [0.2, 0.25) is 0 Å². The van der Waals surface area contributed by atoms with Crippen molar-refractivity contribution in [2.45, 2.75) is 26.2 Å². The van der Waals surface area contributed by atoms with E-state index in [1.54, 1.807) is 19.1 Å². The zero-order valence-electron chi connectivity index (χ0n) is 9.37. The third kappa shape index (κ3) is 1.57. The number of carbonyl (C=O) groups excluding carboxylic acids is 1. The highest BCUT2D eigenvalue weighted by molar-refractivity contribution is 5.98. The molecule has 1 aromatic carbocycles. The molecule has 2 aliphatic rings. The number of fused-ring (bicyclic) bond motifs is 1. The Morgan fingerprint density at radius 2 is 1.94 bits per heavy atom. The Bertz CT molecular complexity index is 442. The number of halogens is 1. The van der Waals surface area contributed by atoms with Gasteiger partial charge in [-0.1, -0.05) is 12.1 Å². The Morgan fingerprint density at radius 3 is 2.56 bits per heavy atom. The van der Waals surface area contributed by atoms with Crippen molar-refractivity contribution in [1.82, 2.24) is 0 Å². The van der Waals surface area contributed by atoms with E-state index < -0.39 is 0 Å². The average Bonchev–Trinajstić information content (AvgIpc) is 2.89. The molecule has 1 aromatic rings. The predicted octanol–water partition coefficient (Wildman–Crippen LogP) is 3.36. The van der Waals surface area contributed by atoms with Crippen LogP contribution in [0.1, 0.15) is 35.2 Å². The van der Waals surface area contributed by atoms with Crippen LogP contribution in [0.4, 0.5) is 4.39 Å². The van der Waals surface area contributed by atoms with Crippen LogP contribution >= 0.6 is 0 Å². The Morgan fingerprint density at radius 1 is 1.25 bits per heavy atom. The van der Waals surface area contributed by atoms with E-state index in [1.165, 1.54) is 12.5 Å². The summed E-state index contributed by atoms with van der Waals surface area (Å²) in [6, 6.07) is 4.84. The molecule has 16 heavy (non-hydrogen) atoms. The zero-order chi connectivity index (χ0) is 11.3. The highest BCUT2D eigenvalue weighted by Crippen LogP contribution is 2.54. The molecule has 0 saturated heterocycles. The smallest absolute Gasteiger partial charge is 0.166 e. The maximum Gasteiger partial charge on any atom is 0.166 e. The van der Waals surface area contributed by atoms with Gasteiger partial charge in [0.1, 0.15) is 5.82 Å². The van der Waals surface area contributed by atoms with Crippen molar-refractivity contribution >= 4 is 5.78 Å². The largest absolute Gasteiger partial charge is 0.294 e. The lowest BCUT2D eigenvalue weighted by atomic mass is 9.93. The molecule has 2 saturated carbocycles.